The van der Waals surface area contributed by atoms with Crippen LogP contribution in [0.15, 0.2) is 0 Å². The molecule has 3 nitrogen and oxygen atoms in total. The molecule has 1 aliphatic heterocycles. The quantitative estimate of drug-likeness (QED) is 0.625. The second-order valence-corrected chi connectivity index (χ2v) is 4.45. The maximum atomic E-state index is 9.57. The molecule has 0 saturated carbocycles. The van der Waals surface area contributed by atoms with Crippen LogP contribution in [-0.4, -0.2) is 41.3 Å². The van der Waals surface area contributed by atoms with Gasteiger partial charge < -0.3 is 10.8 Å². The van der Waals surface area contributed by atoms with Gasteiger partial charge in [-0.3, -0.25) is 4.90 Å². The topological polar surface area (TPSA) is 49.5 Å². The molecule has 1 saturated heterocycles. The highest BCUT2D eigenvalue weighted by Gasteiger charge is 2.22. The number of hydrogen-bond donors (Lipinski definition) is 2. The van der Waals surface area contributed by atoms with E-state index >= 15 is 0 Å². The number of nitrogens with two attached hydrogens (primary N) is 1. The van der Waals surface area contributed by atoms with Gasteiger partial charge >= 0.3 is 0 Å². The van der Waals surface area contributed by atoms with Crippen molar-refractivity contribution in [2.24, 2.45) is 5.73 Å². The lowest BCUT2D eigenvalue weighted by Crippen LogP contribution is -2.48. The van der Waals surface area contributed by atoms with E-state index in [4.69, 9.17) is 5.73 Å². The average Bonchev–Trinajstić information content (AvgIpc) is 1.82. The van der Waals surface area contributed by atoms with Gasteiger partial charge in [-0.05, 0) is 33.2 Å². The van der Waals surface area contributed by atoms with Crippen LogP contribution in [-0.2, 0) is 0 Å². The molecule has 1 aliphatic rings. The molecule has 72 valence electrons. The van der Waals surface area contributed by atoms with E-state index in [0.29, 0.717) is 6.04 Å². The number of aliphatic hydroxyl groups is 1. The summed E-state index contributed by atoms with van der Waals surface area (Å²) in [5.74, 6) is 0. The molecule has 0 aromatic rings. The molecule has 0 amide bonds. The summed E-state index contributed by atoms with van der Waals surface area (Å²) in [5, 5.41) is 9.57. The minimum absolute atomic E-state index is 0.307. The first-order valence-electron chi connectivity index (χ1n) is 4.68. The lowest BCUT2D eigenvalue weighted by molar-refractivity contribution is 0.0276. The van der Waals surface area contributed by atoms with Crippen LogP contribution in [0.3, 0.4) is 0 Å². The molecule has 0 radical (unpaired) electrons. The Hall–Kier alpha value is -0.120. The van der Waals surface area contributed by atoms with Gasteiger partial charge in [0, 0.05) is 19.1 Å². The minimum atomic E-state index is -0.586. The molecule has 1 unspecified atom stereocenters. The van der Waals surface area contributed by atoms with Crippen LogP contribution in [0.25, 0.3) is 0 Å². The minimum Gasteiger partial charge on any atom is -0.389 e. The van der Waals surface area contributed by atoms with Gasteiger partial charge in [0.1, 0.15) is 0 Å². The summed E-state index contributed by atoms with van der Waals surface area (Å²) in [7, 11) is 0. The van der Waals surface area contributed by atoms with Crippen molar-refractivity contribution < 1.29 is 5.11 Å². The maximum Gasteiger partial charge on any atom is 0.0718 e. The summed E-state index contributed by atoms with van der Waals surface area (Å²) in [6.45, 7) is 6.43. The smallest absolute Gasteiger partial charge is 0.0718 e. The molecule has 12 heavy (non-hydrogen) atoms. The third kappa shape index (κ3) is 3.52. The van der Waals surface area contributed by atoms with Crippen molar-refractivity contribution in [3.8, 4) is 0 Å². The fourth-order valence-electron chi connectivity index (χ4n) is 1.78. The molecule has 3 heteroatoms. The summed E-state index contributed by atoms with van der Waals surface area (Å²) >= 11 is 0. The molecule has 1 atom stereocenters. The first-order valence-corrected chi connectivity index (χ1v) is 4.68. The van der Waals surface area contributed by atoms with Gasteiger partial charge in [0.05, 0.1) is 5.60 Å². The lowest BCUT2D eigenvalue weighted by atomic mass is 10.0. The van der Waals surface area contributed by atoms with Gasteiger partial charge in [0.25, 0.3) is 0 Å². The van der Waals surface area contributed by atoms with Gasteiger partial charge in [-0.15, -0.1) is 0 Å². The molecule has 1 rings (SSSR count). The van der Waals surface area contributed by atoms with E-state index in [1.54, 1.807) is 0 Å². The van der Waals surface area contributed by atoms with E-state index < -0.39 is 5.60 Å². The largest absolute Gasteiger partial charge is 0.389 e. The molecule has 0 aromatic heterocycles. The Labute approximate surface area is 74.5 Å². The average molecular weight is 172 g/mol. The fourth-order valence-corrected chi connectivity index (χ4v) is 1.78. The molecular weight excluding hydrogens is 152 g/mol. The first kappa shape index (κ1) is 9.96. The van der Waals surface area contributed by atoms with Crippen molar-refractivity contribution in [3.63, 3.8) is 0 Å². The number of β-amino-alcohol motifs (C(OH)–C–C–N with tert-alkyl or cyclic N) is 1. The van der Waals surface area contributed by atoms with Gasteiger partial charge in [-0.25, -0.2) is 0 Å². The van der Waals surface area contributed by atoms with Gasteiger partial charge in [-0.1, -0.05) is 0 Å². The van der Waals surface area contributed by atoms with Crippen molar-refractivity contribution in [2.75, 3.05) is 19.6 Å². The van der Waals surface area contributed by atoms with E-state index in [2.05, 4.69) is 4.90 Å². The van der Waals surface area contributed by atoms with Crippen LogP contribution in [0.4, 0.5) is 0 Å². The van der Waals surface area contributed by atoms with Crippen LogP contribution >= 0.6 is 0 Å². The van der Waals surface area contributed by atoms with E-state index in [9.17, 15) is 5.11 Å². The van der Waals surface area contributed by atoms with Crippen molar-refractivity contribution in [2.45, 2.75) is 38.3 Å². The third-order valence-corrected chi connectivity index (χ3v) is 2.15. The SMILES string of the molecule is CC(C)(O)CN1CCCC(N)C1. The first-order chi connectivity index (χ1) is 5.47. The molecule has 1 fully saturated rings. The third-order valence-electron chi connectivity index (χ3n) is 2.15. The van der Waals surface area contributed by atoms with Crippen molar-refractivity contribution in [1.82, 2.24) is 4.90 Å². The summed E-state index contributed by atoms with van der Waals surface area (Å²) in [6, 6.07) is 0.307. The Kier molecular flexibility index (Phi) is 3.09. The van der Waals surface area contributed by atoms with Crippen molar-refractivity contribution in [1.29, 1.82) is 0 Å². The van der Waals surface area contributed by atoms with Crippen LogP contribution in [0.2, 0.25) is 0 Å². The summed E-state index contributed by atoms with van der Waals surface area (Å²) in [6.07, 6.45) is 2.29. The number of piperidine rings is 1. The van der Waals surface area contributed by atoms with E-state index in [1.165, 1.54) is 0 Å². The highest BCUT2D eigenvalue weighted by Crippen LogP contribution is 2.12. The standard InChI is InChI=1S/C9H20N2O/c1-9(2,12)7-11-5-3-4-8(10)6-11/h8,12H,3-7,10H2,1-2H3. The van der Waals surface area contributed by atoms with E-state index in [-0.39, 0.29) is 0 Å². The lowest BCUT2D eigenvalue weighted by Gasteiger charge is -2.34. The van der Waals surface area contributed by atoms with E-state index in [0.717, 1.165) is 32.5 Å². The Morgan fingerprint density at radius 3 is 2.75 bits per heavy atom. The molecule has 0 aromatic carbocycles. The zero-order valence-corrected chi connectivity index (χ0v) is 8.08. The van der Waals surface area contributed by atoms with Crippen LogP contribution in [0.1, 0.15) is 26.7 Å². The summed E-state index contributed by atoms with van der Waals surface area (Å²) in [5.41, 5.74) is 5.23. The Morgan fingerprint density at radius 2 is 2.25 bits per heavy atom. The van der Waals surface area contributed by atoms with Crippen LogP contribution in [0.5, 0.6) is 0 Å². The van der Waals surface area contributed by atoms with Gasteiger partial charge in [-0.2, -0.15) is 0 Å². The monoisotopic (exact) mass is 172 g/mol. The molecule has 3 N–H and O–H groups in total. The van der Waals surface area contributed by atoms with E-state index in [1.807, 2.05) is 13.8 Å². The molecular formula is C9H20N2O. The molecule has 1 heterocycles. The second-order valence-electron chi connectivity index (χ2n) is 4.45. The van der Waals surface area contributed by atoms with Crippen molar-refractivity contribution in [3.05, 3.63) is 0 Å². The number of hydrogen-bond acceptors (Lipinski definition) is 3. The predicted octanol–water partition coefficient (Wildman–Crippen LogP) is 0.180. The van der Waals surface area contributed by atoms with Crippen LogP contribution < -0.4 is 5.73 Å². The highest BCUT2D eigenvalue weighted by molar-refractivity contribution is 4.79. The zero-order chi connectivity index (χ0) is 9.19. The normalized spacial score (nSPS) is 27.5. The number of nitrogens with zero attached hydrogens (tertiary/aromatic N) is 1. The number of rotatable bonds is 2. The van der Waals surface area contributed by atoms with Gasteiger partial charge in [0.2, 0.25) is 0 Å². The molecule has 0 spiro atoms. The highest BCUT2D eigenvalue weighted by atomic mass is 16.3. The number of likely N-dealkylation sites (tertiary alicyclic amines) is 1. The Balaban J connectivity index is 2.32. The predicted molar refractivity (Wildman–Crippen MR) is 49.9 cm³/mol. The van der Waals surface area contributed by atoms with Gasteiger partial charge in [0.15, 0.2) is 0 Å². The summed E-state index contributed by atoms with van der Waals surface area (Å²) < 4.78 is 0. The zero-order valence-electron chi connectivity index (χ0n) is 8.08. The second kappa shape index (κ2) is 3.73. The molecule has 0 aliphatic carbocycles. The Morgan fingerprint density at radius 1 is 1.58 bits per heavy atom. The summed E-state index contributed by atoms with van der Waals surface area (Å²) in [4.78, 5) is 2.24. The van der Waals surface area contributed by atoms with Crippen molar-refractivity contribution >= 4 is 0 Å². The Bertz CT molecular complexity index is 142. The molecule has 0 bridgehead atoms. The maximum absolute atomic E-state index is 9.57. The fraction of sp³-hybridized carbons (Fsp3) is 1.00. The van der Waals surface area contributed by atoms with Crippen LogP contribution in [0, 0.1) is 0 Å².